The Morgan fingerprint density at radius 1 is 1.04 bits per heavy atom. The van der Waals surface area contributed by atoms with Gasteiger partial charge in [-0.1, -0.05) is 0 Å². The van der Waals surface area contributed by atoms with Crippen LogP contribution in [0.25, 0.3) is 10.2 Å². The van der Waals surface area contributed by atoms with Crippen molar-refractivity contribution in [3.63, 3.8) is 0 Å². The average molecular weight is 353 g/mol. The molecule has 5 heteroatoms. The lowest BCUT2D eigenvalue weighted by Crippen LogP contribution is -2.41. The molecule has 3 fully saturated rings. The van der Waals surface area contributed by atoms with E-state index in [-0.39, 0.29) is 29.2 Å². The molecule has 0 radical (unpaired) electrons. The molecule has 5 rings (SSSR count). The van der Waals surface area contributed by atoms with E-state index < -0.39 is 5.92 Å². The van der Waals surface area contributed by atoms with Crippen molar-refractivity contribution >= 4 is 38.9 Å². The third-order valence-corrected chi connectivity index (χ3v) is 7.27. The first kappa shape index (κ1) is 15.4. The Balaban J connectivity index is 1.55. The molecular weight excluding hydrogens is 334 g/mol. The predicted molar refractivity (Wildman–Crippen MR) is 95.0 cm³/mol. The zero-order valence-electron chi connectivity index (χ0n) is 14.1. The highest BCUT2D eigenvalue weighted by Gasteiger charge is 2.50. The fourth-order valence-electron chi connectivity index (χ4n) is 4.44. The van der Waals surface area contributed by atoms with Crippen LogP contribution in [-0.4, -0.2) is 22.3 Å². The van der Waals surface area contributed by atoms with Crippen LogP contribution in [0.3, 0.4) is 0 Å². The lowest BCUT2D eigenvalue weighted by Gasteiger charge is -2.24. The van der Waals surface area contributed by atoms with E-state index in [0.29, 0.717) is 17.9 Å². The van der Waals surface area contributed by atoms with Gasteiger partial charge in [-0.05, 0) is 56.7 Å². The summed E-state index contributed by atoms with van der Waals surface area (Å²) in [5, 5.41) is 1.14. The van der Waals surface area contributed by atoms with Crippen molar-refractivity contribution in [1.82, 2.24) is 4.98 Å². The molecule has 2 atom stereocenters. The van der Waals surface area contributed by atoms with E-state index in [0.717, 1.165) is 33.6 Å². The van der Waals surface area contributed by atoms with Gasteiger partial charge in [0.2, 0.25) is 0 Å². The molecule has 1 aromatic heterocycles. The van der Waals surface area contributed by atoms with E-state index in [1.807, 2.05) is 13.0 Å². The minimum atomic E-state index is -1.08. The number of thiazole rings is 1. The van der Waals surface area contributed by atoms with Crippen molar-refractivity contribution in [3.8, 4) is 0 Å². The SMILES string of the molecule is Cc1c(C(=O)C2C(=O)C3CCC(C3)C2=O)ccc2sc(C3CC3)nc12. The van der Waals surface area contributed by atoms with Crippen molar-refractivity contribution in [2.24, 2.45) is 17.8 Å². The molecule has 4 nitrogen and oxygen atoms in total. The minimum Gasteiger partial charge on any atom is -0.298 e. The number of Topliss-reactive ketones (excluding diaryl/α,β-unsaturated/α-hetero) is 3. The Kier molecular flexibility index (Phi) is 3.26. The number of hydrogen-bond donors (Lipinski definition) is 0. The molecular formula is C20H19NO3S. The second-order valence-corrected chi connectivity index (χ2v) is 8.78. The first-order valence-corrected chi connectivity index (χ1v) is 9.88. The highest BCUT2D eigenvalue weighted by atomic mass is 32.1. The van der Waals surface area contributed by atoms with E-state index in [1.54, 1.807) is 17.4 Å². The fourth-order valence-corrected chi connectivity index (χ4v) is 5.63. The third kappa shape index (κ3) is 2.25. The zero-order chi connectivity index (χ0) is 17.3. The molecule has 0 amide bonds. The Hall–Kier alpha value is -1.88. The number of aromatic nitrogens is 1. The van der Waals surface area contributed by atoms with E-state index >= 15 is 0 Å². The number of benzene rings is 1. The average Bonchev–Trinajstić information content (AvgIpc) is 3.19. The van der Waals surface area contributed by atoms with E-state index in [4.69, 9.17) is 4.98 Å². The Morgan fingerprint density at radius 3 is 2.32 bits per heavy atom. The monoisotopic (exact) mass is 353 g/mol. The molecule has 0 saturated heterocycles. The summed E-state index contributed by atoms with van der Waals surface area (Å²) < 4.78 is 1.08. The second kappa shape index (κ2) is 5.31. The van der Waals surface area contributed by atoms with Crippen molar-refractivity contribution in [2.75, 3.05) is 0 Å². The fraction of sp³-hybridized carbons (Fsp3) is 0.500. The number of aryl methyl sites for hydroxylation is 1. The van der Waals surface area contributed by atoms with Crippen LogP contribution in [0.15, 0.2) is 12.1 Å². The van der Waals surface area contributed by atoms with Crippen LogP contribution in [0, 0.1) is 24.7 Å². The Labute approximate surface area is 149 Å². The number of carbonyl (C=O) groups excluding carboxylic acids is 3. The highest BCUT2D eigenvalue weighted by Crippen LogP contribution is 2.44. The van der Waals surface area contributed by atoms with Gasteiger partial charge in [-0.3, -0.25) is 14.4 Å². The van der Waals surface area contributed by atoms with Crippen LogP contribution < -0.4 is 0 Å². The summed E-state index contributed by atoms with van der Waals surface area (Å²) in [6.45, 7) is 1.89. The van der Waals surface area contributed by atoms with Crippen molar-refractivity contribution in [1.29, 1.82) is 0 Å². The smallest absolute Gasteiger partial charge is 0.181 e. The summed E-state index contributed by atoms with van der Waals surface area (Å²) in [4.78, 5) is 43.1. The van der Waals surface area contributed by atoms with Crippen LogP contribution in [-0.2, 0) is 9.59 Å². The van der Waals surface area contributed by atoms with Crippen LogP contribution in [0.4, 0.5) is 0 Å². The van der Waals surface area contributed by atoms with E-state index in [1.165, 1.54) is 12.8 Å². The maximum Gasteiger partial charge on any atom is 0.181 e. The Bertz CT molecular complexity index is 918. The van der Waals surface area contributed by atoms with Gasteiger partial charge in [0, 0.05) is 23.3 Å². The largest absolute Gasteiger partial charge is 0.298 e. The summed E-state index contributed by atoms with van der Waals surface area (Å²) in [6, 6.07) is 3.71. The summed E-state index contributed by atoms with van der Waals surface area (Å²) in [6.07, 6.45) is 4.55. The quantitative estimate of drug-likeness (QED) is 0.621. The lowest BCUT2D eigenvalue weighted by molar-refractivity contribution is -0.137. The summed E-state index contributed by atoms with van der Waals surface area (Å²) >= 11 is 1.69. The molecule has 1 aromatic carbocycles. The van der Waals surface area contributed by atoms with Crippen LogP contribution in [0.5, 0.6) is 0 Å². The second-order valence-electron chi connectivity index (χ2n) is 7.72. The van der Waals surface area contributed by atoms with Gasteiger partial charge in [0.25, 0.3) is 0 Å². The summed E-state index contributed by atoms with van der Waals surface area (Å²) in [5.41, 5.74) is 2.16. The van der Waals surface area contributed by atoms with Gasteiger partial charge in [-0.15, -0.1) is 11.3 Å². The van der Waals surface area contributed by atoms with Gasteiger partial charge in [0.05, 0.1) is 15.2 Å². The number of hydrogen-bond acceptors (Lipinski definition) is 5. The maximum atomic E-state index is 13.1. The number of ketones is 3. The Morgan fingerprint density at radius 2 is 1.68 bits per heavy atom. The van der Waals surface area contributed by atoms with Crippen molar-refractivity contribution in [3.05, 3.63) is 28.3 Å². The molecule has 2 unspecified atom stereocenters. The standard InChI is InChI=1S/C20H19NO3S/c1-9-13(6-7-14-16(9)21-20(25-14)10-2-3-10)19(24)15-17(22)11-4-5-12(8-11)18(15)23/h6-7,10-12,15H,2-5,8H2,1H3. The van der Waals surface area contributed by atoms with Gasteiger partial charge >= 0.3 is 0 Å². The van der Waals surface area contributed by atoms with Gasteiger partial charge in [0.15, 0.2) is 17.3 Å². The lowest BCUT2D eigenvalue weighted by atomic mass is 9.75. The number of fused-ring (bicyclic) bond motifs is 3. The number of carbonyl (C=O) groups is 3. The topological polar surface area (TPSA) is 64.1 Å². The molecule has 0 spiro atoms. The molecule has 1 heterocycles. The predicted octanol–water partition coefficient (Wildman–Crippen LogP) is 3.85. The molecule has 3 aliphatic rings. The van der Waals surface area contributed by atoms with Crippen molar-refractivity contribution < 1.29 is 14.4 Å². The summed E-state index contributed by atoms with van der Waals surface area (Å²) in [7, 11) is 0. The zero-order valence-corrected chi connectivity index (χ0v) is 14.9. The van der Waals surface area contributed by atoms with Gasteiger partial charge in [-0.25, -0.2) is 4.98 Å². The molecule has 0 N–H and O–H groups in total. The van der Waals surface area contributed by atoms with Gasteiger partial charge < -0.3 is 0 Å². The molecule has 128 valence electrons. The van der Waals surface area contributed by atoms with Crippen LogP contribution >= 0.6 is 11.3 Å². The van der Waals surface area contributed by atoms with Crippen LogP contribution in [0.2, 0.25) is 0 Å². The van der Waals surface area contributed by atoms with E-state index in [9.17, 15) is 14.4 Å². The first-order valence-electron chi connectivity index (χ1n) is 9.06. The molecule has 2 bridgehead atoms. The number of nitrogens with zero attached hydrogens (tertiary/aromatic N) is 1. The first-order chi connectivity index (χ1) is 12.0. The third-order valence-electron chi connectivity index (χ3n) is 6.09. The normalized spacial score (nSPS) is 28.8. The minimum absolute atomic E-state index is 0.0959. The summed E-state index contributed by atoms with van der Waals surface area (Å²) in [5.74, 6) is -1.31. The van der Waals surface area contributed by atoms with Crippen molar-refractivity contribution in [2.45, 2.75) is 44.9 Å². The molecule has 2 aromatic rings. The number of rotatable bonds is 3. The molecule has 3 aliphatic carbocycles. The van der Waals surface area contributed by atoms with E-state index in [2.05, 4.69) is 0 Å². The highest BCUT2D eigenvalue weighted by molar-refractivity contribution is 7.18. The molecule has 3 saturated carbocycles. The van der Waals surface area contributed by atoms with Crippen LogP contribution in [0.1, 0.15) is 59.0 Å². The molecule has 0 aliphatic heterocycles. The van der Waals surface area contributed by atoms with Gasteiger partial charge in [-0.2, -0.15) is 0 Å². The molecule has 25 heavy (non-hydrogen) atoms. The maximum absolute atomic E-state index is 13.1. The van der Waals surface area contributed by atoms with Gasteiger partial charge in [0.1, 0.15) is 5.92 Å².